The van der Waals surface area contributed by atoms with Crippen molar-refractivity contribution in [3.05, 3.63) is 52.5 Å². The molecule has 1 aromatic carbocycles. The monoisotopic (exact) mass is 301 g/mol. The molecule has 0 amide bonds. The first-order valence-corrected chi connectivity index (χ1v) is 7.01. The number of rotatable bonds is 3. The zero-order chi connectivity index (χ0) is 13.9. The lowest BCUT2D eigenvalue weighted by molar-refractivity contribution is 0.764. The minimum atomic E-state index is 0.275. The molecule has 0 unspecified atom stereocenters. The fourth-order valence-electron chi connectivity index (χ4n) is 1.77. The van der Waals surface area contributed by atoms with Crippen LogP contribution >= 0.6 is 22.9 Å². The first kappa shape index (κ1) is 12.8. The highest BCUT2D eigenvalue weighted by Gasteiger charge is 2.10. The van der Waals surface area contributed by atoms with E-state index >= 15 is 0 Å². The summed E-state index contributed by atoms with van der Waals surface area (Å²) in [5, 5.41) is 19.8. The Morgan fingerprint density at radius 1 is 1.35 bits per heavy atom. The van der Waals surface area contributed by atoms with Crippen molar-refractivity contribution in [2.24, 2.45) is 0 Å². The van der Waals surface area contributed by atoms with Gasteiger partial charge < -0.3 is 0 Å². The molecule has 0 N–H and O–H groups in total. The molecule has 2 aromatic heterocycles. The predicted molar refractivity (Wildman–Crippen MR) is 76.4 cm³/mol. The first-order valence-electron chi connectivity index (χ1n) is 5.75. The molecule has 3 rings (SSSR count). The molecular weight excluding hydrogens is 294 g/mol. The van der Waals surface area contributed by atoms with E-state index in [1.54, 1.807) is 4.57 Å². The van der Waals surface area contributed by atoms with E-state index in [1.807, 2.05) is 35.7 Å². The molecule has 0 fully saturated rings. The average Bonchev–Trinajstić information content (AvgIpc) is 3.09. The molecule has 3 aromatic rings. The molecule has 0 aliphatic rings. The van der Waals surface area contributed by atoms with E-state index in [-0.39, 0.29) is 5.82 Å². The van der Waals surface area contributed by atoms with E-state index in [0.717, 1.165) is 16.3 Å². The molecule has 0 spiro atoms. The summed E-state index contributed by atoms with van der Waals surface area (Å²) in [6.45, 7) is 0.469. The zero-order valence-corrected chi connectivity index (χ0v) is 11.8. The van der Waals surface area contributed by atoms with Crippen LogP contribution in [0.5, 0.6) is 0 Å². The van der Waals surface area contributed by atoms with Gasteiger partial charge in [0.25, 0.3) is 0 Å². The topological polar surface area (TPSA) is 67.4 Å². The van der Waals surface area contributed by atoms with Crippen molar-refractivity contribution < 1.29 is 0 Å². The molecule has 0 saturated carbocycles. The second-order valence-electron chi connectivity index (χ2n) is 4.02. The van der Waals surface area contributed by atoms with Crippen LogP contribution in [0.15, 0.2) is 36.0 Å². The lowest BCUT2D eigenvalue weighted by Crippen LogP contribution is -2.01. The SMILES string of the molecule is N#Cc1nncn1Cc1csc(-c2ccccc2Cl)n1. The van der Waals surface area contributed by atoms with Crippen molar-refractivity contribution in [1.29, 1.82) is 5.26 Å². The fourth-order valence-corrected chi connectivity index (χ4v) is 2.90. The van der Waals surface area contributed by atoms with Crippen molar-refractivity contribution in [3.8, 4) is 16.6 Å². The van der Waals surface area contributed by atoms with Crippen LogP contribution in [0, 0.1) is 11.3 Å². The Kier molecular flexibility index (Phi) is 3.46. The van der Waals surface area contributed by atoms with Gasteiger partial charge in [0.1, 0.15) is 17.4 Å². The number of nitrogens with zero attached hydrogens (tertiary/aromatic N) is 5. The summed E-state index contributed by atoms with van der Waals surface area (Å²) in [5.74, 6) is 0.275. The van der Waals surface area contributed by atoms with Crippen molar-refractivity contribution in [3.63, 3.8) is 0 Å². The van der Waals surface area contributed by atoms with E-state index in [9.17, 15) is 0 Å². The summed E-state index contributed by atoms with van der Waals surface area (Å²) in [7, 11) is 0. The normalized spacial score (nSPS) is 10.4. The van der Waals surface area contributed by atoms with Crippen LogP contribution in [0.1, 0.15) is 11.5 Å². The molecule has 20 heavy (non-hydrogen) atoms. The molecule has 0 aliphatic carbocycles. The van der Waals surface area contributed by atoms with Gasteiger partial charge in [0.15, 0.2) is 0 Å². The van der Waals surface area contributed by atoms with Gasteiger partial charge in [0, 0.05) is 10.9 Å². The van der Waals surface area contributed by atoms with Crippen molar-refractivity contribution in [2.45, 2.75) is 6.54 Å². The maximum Gasteiger partial charge on any atom is 0.235 e. The van der Waals surface area contributed by atoms with Crippen molar-refractivity contribution in [2.75, 3.05) is 0 Å². The summed E-state index contributed by atoms with van der Waals surface area (Å²) in [4.78, 5) is 4.54. The van der Waals surface area contributed by atoms with Crippen molar-refractivity contribution in [1.82, 2.24) is 19.7 Å². The van der Waals surface area contributed by atoms with Gasteiger partial charge in [-0.25, -0.2) is 4.98 Å². The molecule has 0 bridgehead atoms. The van der Waals surface area contributed by atoms with Crippen LogP contribution in [-0.4, -0.2) is 19.7 Å². The molecule has 98 valence electrons. The highest BCUT2D eigenvalue weighted by atomic mass is 35.5. The van der Waals surface area contributed by atoms with Gasteiger partial charge in [-0.1, -0.05) is 29.8 Å². The average molecular weight is 302 g/mol. The lowest BCUT2D eigenvalue weighted by atomic mass is 10.2. The molecule has 7 heteroatoms. The number of nitriles is 1. The largest absolute Gasteiger partial charge is 0.299 e. The minimum Gasteiger partial charge on any atom is -0.299 e. The van der Waals surface area contributed by atoms with Gasteiger partial charge in [0.05, 0.1) is 17.3 Å². The van der Waals surface area contributed by atoms with Crippen LogP contribution in [0.2, 0.25) is 5.02 Å². The first-order chi connectivity index (χ1) is 9.78. The number of hydrogen-bond acceptors (Lipinski definition) is 5. The Labute approximate surface area is 124 Å². The number of thiazole rings is 1. The number of halogens is 1. The summed E-state index contributed by atoms with van der Waals surface area (Å²) >= 11 is 7.68. The van der Waals surface area contributed by atoms with E-state index in [1.165, 1.54) is 17.7 Å². The molecule has 0 atom stereocenters. The second-order valence-corrected chi connectivity index (χ2v) is 5.28. The molecule has 0 aliphatic heterocycles. The Bertz CT molecular complexity index is 786. The minimum absolute atomic E-state index is 0.275. The predicted octanol–water partition coefficient (Wildman–Crippen LogP) is 2.97. The standard InChI is InChI=1S/C13H8ClN5S/c14-11-4-2-1-3-10(11)13-17-9(7-20-13)6-19-8-16-18-12(19)5-15/h1-4,7-8H,6H2. The highest BCUT2D eigenvalue weighted by molar-refractivity contribution is 7.13. The lowest BCUT2D eigenvalue weighted by Gasteiger charge is -2.00. The summed E-state index contributed by atoms with van der Waals surface area (Å²) in [6.07, 6.45) is 1.52. The van der Waals surface area contributed by atoms with Crippen LogP contribution in [-0.2, 0) is 6.54 Å². The van der Waals surface area contributed by atoms with Gasteiger partial charge in [-0.05, 0) is 6.07 Å². The van der Waals surface area contributed by atoms with E-state index < -0.39 is 0 Å². The smallest absolute Gasteiger partial charge is 0.235 e. The highest BCUT2D eigenvalue weighted by Crippen LogP contribution is 2.30. The van der Waals surface area contributed by atoms with Crippen molar-refractivity contribution >= 4 is 22.9 Å². The van der Waals surface area contributed by atoms with Crippen LogP contribution in [0.3, 0.4) is 0 Å². The summed E-state index contributed by atoms with van der Waals surface area (Å²) < 4.78 is 1.66. The number of aromatic nitrogens is 4. The van der Waals surface area contributed by atoms with Gasteiger partial charge >= 0.3 is 0 Å². The van der Waals surface area contributed by atoms with Gasteiger partial charge in [-0.15, -0.1) is 21.5 Å². The number of hydrogen-bond donors (Lipinski definition) is 0. The van der Waals surface area contributed by atoms with E-state index in [0.29, 0.717) is 11.6 Å². The fraction of sp³-hybridized carbons (Fsp3) is 0.0769. The second kappa shape index (κ2) is 5.41. The molecule has 5 nitrogen and oxygen atoms in total. The Morgan fingerprint density at radius 3 is 3.00 bits per heavy atom. The zero-order valence-electron chi connectivity index (χ0n) is 10.2. The summed E-state index contributed by atoms with van der Waals surface area (Å²) in [5.41, 5.74) is 1.76. The Hall–Kier alpha value is -2.23. The van der Waals surface area contributed by atoms with Crippen LogP contribution < -0.4 is 0 Å². The number of benzene rings is 1. The Balaban J connectivity index is 1.88. The third-order valence-corrected chi connectivity index (χ3v) is 3.96. The van der Waals surface area contributed by atoms with Gasteiger partial charge in [-0.3, -0.25) is 4.57 Å². The maximum absolute atomic E-state index is 8.90. The van der Waals surface area contributed by atoms with E-state index in [4.69, 9.17) is 16.9 Å². The third-order valence-electron chi connectivity index (χ3n) is 2.70. The molecule has 0 saturated heterocycles. The Morgan fingerprint density at radius 2 is 2.20 bits per heavy atom. The maximum atomic E-state index is 8.90. The van der Waals surface area contributed by atoms with Crippen LogP contribution in [0.25, 0.3) is 10.6 Å². The summed E-state index contributed by atoms with van der Waals surface area (Å²) in [6, 6.07) is 9.57. The van der Waals surface area contributed by atoms with Gasteiger partial charge in [-0.2, -0.15) is 5.26 Å². The molecule has 0 radical (unpaired) electrons. The van der Waals surface area contributed by atoms with E-state index in [2.05, 4.69) is 15.2 Å². The van der Waals surface area contributed by atoms with Crippen LogP contribution in [0.4, 0.5) is 0 Å². The van der Waals surface area contributed by atoms with Gasteiger partial charge in [0.2, 0.25) is 5.82 Å². The molecule has 2 heterocycles. The third kappa shape index (κ3) is 2.41. The quantitative estimate of drug-likeness (QED) is 0.746. The molecular formula is C13H8ClN5S.